The zero-order chi connectivity index (χ0) is 27.9. The minimum Gasteiger partial charge on any atom is -0.493 e. The Bertz CT molecular complexity index is 1380. The summed E-state index contributed by atoms with van der Waals surface area (Å²) in [4.78, 5) is 27.3. The molecular weight excluding hydrogens is 513 g/mol. The van der Waals surface area contributed by atoms with Crippen LogP contribution in [-0.2, 0) is 26.2 Å². The average molecular weight is 544 g/mol. The number of sulfonamides is 1. The number of hydrogen-bond donors (Lipinski definition) is 1. The molecule has 11 heteroatoms. The maximum atomic E-state index is 14.5. The van der Waals surface area contributed by atoms with Crippen LogP contribution in [0.3, 0.4) is 0 Å². The second-order valence-corrected chi connectivity index (χ2v) is 10.1. The number of rotatable bonds is 11. The topological polar surface area (TPSA) is 105 Å². The molecule has 1 N–H and O–H groups in total. The van der Waals surface area contributed by atoms with Crippen LogP contribution in [0.1, 0.15) is 12.5 Å². The number of benzene rings is 3. The molecule has 0 fully saturated rings. The number of hydrogen-bond acceptors (Lipinski definition) is 6. The van der Waals surface area contributed by atoms with Gasteiger partial charge in [0.1, 0.15) is 18.4 Å². The van der Waals surface area contributed by atoms with Gasteiger partial charge in [-0.25, -0.2) is 12.8 Å². The average Bonchev–Trinajstić information content (AvgIpc) is 2.94. The lowest BCUT2D eigenvalue weighted by atomic mass is 10.1. The number of nitrogens with one attached hydrogen (secondary N) is 1. The van der Waals surface area contributed by atoms with Crippen LogP contribution in [0.5, 0.6) is 11.5 Å². The second kappa shape index (κ2) is 12.4. The summed E-state index contributed by atoms with van der Waals surface area (Å²) in [6, 6.07) is 16.9. The van der Waals surface area contributed by atoms with Crippen molar-refractivity contribution >= 4 is 27.5 Å². The highest BCUT2D eigenvalue weighted by Gasteiger charge is 2.33. The van der Waals surface area contributed by atoms with E-state index in [1.54, 1.807) is 24.3 Å². The molecule has 1 unspecified atom stereocenters. The van der Waals surface area contributed by atoms with E-state index >= 15 is 0 Å². The normalized spacial score (nSPS) is 11.8. The third-order valence-corrected chi connectivity index (χ3v) is 7.77. The van der Waals surface area contributed by atoms with Gasteiger partial charge in [0.2, 0.25) is 11.8 Å². The van der Waals surface area contributed by atoms with Crippen molar-refractivity contribution in [2.75, 3.05) is 32.1 Å². The highest BCUT2D eigenvalue weighted by atomic mass is 32.2. The van der Waals surface area contributed by atoms with E-state index in [-0.39, 0.29) is 28.4 Å². The molecule has 0 saturated carbocycles. The summed E-state index contributed by atoms with van der Waals surface area (Å²) in [6.45, 7) is 0.581. The maximum absolute atomic E-state index is 14.5. The van der Waals surface area contributed by atoms with Crippen LogP contribution in [0.25, 0.3) is 0 Å². The number of methoxy groups -OCH3 is 2. The lowest BCUT2D eigenvalue weighted by Crippen LogP contribution is -2.50. The quantitative estimate of drug-likeness (QED) is 0.398. The summed E-state index contributed by atoms with van der Waals surface area (Å²) in [5.74, 6) is -1.12. The Hall–Kier alpha value is -4.12. The Balaban J connectivity index is 2.09. The van der Waals surface area contributed by atoms with Crippen molar-refractivity contribution in [3.8, 4) is 11.5 Å². The summed E-state index contributed by atoms with van der Waals surface area (Å²) in [5, 5.41) is 2.48. The van der Waals surface area contributed by atoms with Crippen molar-refractivity contribution in [3.63, 3.8) is 0 Å². The van der Waals surface area contributed by atoms with Crippen molar-refractivity contribution in [1.29, 1.82) is 0 Å². The van der Waals surface area contributed by atoms with Gasteiger partial charge in [-0.05, 0) is 37.3 Å². The van der Waals surface area contributed by atoms with Crippen LogP contribution in [0.15, 0.2) is 77.7 Å². The molecule has 0 aliphatic rings. The number of anilines is 1. The van der Waals surface area contributed by atoms with Crippen LogP contribution in [0.4, 0.5) is 10.1 Å². The molecule has 3 rings (SSSR count). The Morgan fingerprint density at radius 1 is 0.947 bits per heavy atom. The lowest BCUT2D eigenvalue weighted by molar-refractivity contribution is -0.139. The van der Waals surface area contributed by atoms with Crippen LogP contribution in [0, 0.1) is 5.82 Å². The fourth-order valence-electron chi connectivity index (χ4n) is 3.83. The van der Waals surface area contributed by atoms with Gasteiger partial charge >= 0.3 is 0 Å². The highest BCUT2D eigenvalue weighted by Crippen LogP contribution is 2.34. The van der Waals surface area contributed by atoms with Gasteiger partial charge in [0.25, 0.3) is 10.0 Å². The van der Waals surface area contributed by atoms with E-state index in [0.29, 0.717) is 5.75 Å². The van der Waals surface area contributed by atoms with Crippen LogP contribution < -0.4 is 19.1 Å². The first kappa shape index (κ1) is 28.5. The van der Waals surface area contributed by atoms with E-state index < -0.39 is 40.2 Å². The van der Waals surface area contributed by atoms with E-state index in [4.69, 9.17) is 9.47 Å². The predicted octanol–water partition coefficient (Wildman–Crippen LogP) is 3.20. The molecule has 1 atom stereocenters. The van der Waals surface area contributed by atoms with Crippen molar-refractivity contribution in [1.82, 2.24) is 10.2 Å². The number of ether oxygens (including phenoxy) is 2. The van der Waals surface area contributed by atoms with Crippen molar-refractivity contribution in [3.05, 3.63) is 84.2 Å². The number of carbonyl (C=O) groups excluding carboxylic acids is 2. The Morgan fingerprint density at radius 2 is 1.58 bits per heavy atom. The summed E-state index contributed by atoms with van der Waals surface area (Å²) in [6.07, 6.45) is 0. The smallest absolute Gasteiger partial charge is 0.264 e. The molecule has 3 aromatic rings. The van der Waals surface area contributed by atoms with E-state index in [1.165, 1.54) is 76.7 Å². The van der Waals surface area contributed by atoms with Gasteiger partial charge in [-0.2, -0.15) is 0 Å². The van der Waals surface area contributed by atoms with Gasteiger partial charge in [0.15, 0.2) is 11.5 Å². The standard InChI is InChI=1S/C27H30FN3O6S/c1-19(27(33)29-2)30(17-20-10-8-9-13-23(20)28)26(32)18-31(38(34,35)22-11-6-5-7-12-22)21-14-15-24(36-3)25(16-21)37-4/h5-16,19H,17-18H2,1-4H3,(H,29,33). The molecular formula is C27H30FN3O6S. The summed E-state index contributed by atoms with van der Waals surface area (Å²) >= 11 is 0. The summed E-state index contributed by atoms with van der Waals surface area (Å²) in [5.41, 5.74) is 0.318. The molecule has 0 radical (unpaired) electrons. The minimum atomic E-state index is -4.24. The zero-order valence-electron chi connectivity index (χ0n) is 21.5. The highest BCUT2D eigenvalue weighted by molar-refractivity contribution is 7.92. The Morgan fingerprint density at radius 3 is 2.18 bits per heavy atom. The number of carbonyl (C=O) groups is 2. The fraction of sp³-hybridized carbons (Fsp3) is 0.259. The molecule has 0 spiro atoms. The SMILES string of the molecule is CNC(=O)C(C)N(Cc1ccccc1F)C(=O)CN(c1ccc(OC)c(OC)c1)S(=O)(=O)c1ccccc1. The number of amides is 2. The van der Waals surface area contributed by atoms with E-state index in [9.17, 15) is 22.4 Å². The molecule has 202 valence electrons. The molecule has 0 aliphatic heterocycles. The van der Waals surface area contributed by atoms with Crippen LogP contribution in [0.2, 0.25) is 0 Å². The molecule has 9 nitrogen and oxygen atoms in total. The molecule has 0 aromatic heterocycles. The number of likely N-dealkylation sites (N-methyl/N-ethyl adjacent to an activating group) is 1. The molecule has 38 heavy (non-hydrogen) atoms. The Labute approximate surface area is 221 Å². The summed E-state index contributed by atoms with van der Waals surface area (Å²) < 4.78 is 53.5. The fourth-order valence-corrected chi connectivity index (χ4v) is 5.26. The van der Waals surface area contributed by atoms with Gasteiger partial charge < -0.3 is 19.7 Å². The summed E-state index contributed by atoms with van der Waals surface area (Å²) in [7, 11) is 0.0236. The largest absolute Gasteiger partial charge is 0.493 e. The monoisotopic (exact) mass is 543 g/mol. The molecule has 3 aromatic carbocycles. The minimum absolute atomic E-state index is 0.0393. The van der Waals surface area contributed by atoms with Gasteiger partial charge in [-0.1, -0.05) is 36.4 Å². The Kier molecular flexibility index (Phi) is 9.30. The van der Waals surface area contributed by atoms with Gasteiger partial charge in [-0.3, -0.25) is 13.9 Å². The first-order valence-electron chi connectivity index (χ1n) is 11.7. The third kappa shape index (κ3) is 6.23. The van der Waals surface area contributed by atoms with Crippen LogP contribution >= 0.6 is 0 Å². The van der Waals surface area contributed by atoms with Crippen molar-refractivity contribution < 1.29 is 31.9 Å². The molecule has 0 heterocycles. The molecule has 0 bridgehead atoms. The lowest BCUT2D eigenvalue weighted by Gasteiger charge is -2.32. The molecule has 0 aliphatic carbocycles. The molecule has 0 saturated heterocycles. The third-order valence-electron chi connectivity index (χ3n) is 5.98. The van der Waals surface area contributed by atoms with E-state index in [0.717, 1.165) is 9.21 Å². The van der Waals surface area contributed by atoms with Crippen molar-refractivity contribution in [2.24, 2.45) is 0 Å². The predicted molar refractivity (Wildman–Crippen MR) is 141 cm³/mol. The van der Waals surface area contributed by atoms with E-state index in [1.807, 2.05) is 0 Å². The van der Waals surface area contributed by atoms with Gasteiger partial charge in [0.05, 0.1) is 24.8 Å². The first-order chi connectivity index (χ1) is 18.1. The van der Waals surface area contributed by atoms with E-state index in [2.05, 4.69) is 5.32 Å². The van der Waals surface area contributed by atoms with Gasteiger partial charge in [-0.15, -0.1) is 0 Å². The van der Waals surface area contributed by atoms with Crippen LogP contribution in [-0.4, -0.2) is 59.0 Å². The number of halogens is 1. The number of nitrogens with zero attached hydrogens (tertiary/aromatic N) is 2. The van der Waals surface area contributed by atoms with Crippen molar-refractivity contribution in [2.45, 2.75) is 24.4 Å². The second-order valence-electron chi connectivity index (χ2n) is 8.27. The maximum Gasteiger partial charge on any atom is 0.264 e. The first-order valence-corrected chi connectivity index (χ1v) is 13.1. The molecule has 2 amide bonds. The zero-order valence-corrected chi connectivity index (χ0v) is 22.4. The van der Waals surface area contributed by atoms with Gasteiger partial charge in [0, 0.05) is 25.2 Å².